The van der Waals surface area contributed by atoms with Gasteiger partial charge in [-0.05, 0) is 25.1 Å². The normalized spacial score (nSPS) is 12.5. The summed E-state index contributed by atoms with van der Waals surface area (Å²) in [6.45, 7) is 5.62. The number of aromatic nitrogens is 1. The monoisotopic (exact) mass is 263 g/mol. The molecule has 1 heterocycles. The van der Waals surface area contributed by atoms with Crippen LogP contribution in [0.4, 0.5) is 0 Å². The van der Waals surface area contributed by atoms with Crippen LogP contribution in [0.5, 0.6) is 0 Å². The van der Waals surface area contributed by atoms with Crippen molar-refractivity contribution in [1.82, 2.24) is 15.2 Å². The fourth-order valence-corrected chi connectivity index (χ4v) is 2.05. The maximum Gasteiger partial charge on any atom is 0.226 e. The number of likely N-dealkylation sites (N-methyl/N-ethyl adjacent to an activating group) is 1. The number of carbonyl (C=O) groups is 1. The maximum atomic E-state index is 12.4. The molecule has 0 spiro atoms. The molecule has 1 N–H and O–H groups in total. The van der Waals surface area contributed by atoms with E-state index in [1.807, 2.05) is 37.2 Å². The van der Waals surface area contributed by atoms with E-state index in [0.717, 1.165) is 18.7 Å². The van der Waals surface area contributed by atoms with Crippen LogP contribution in [0.15, 0.2) is 24.4 Å². The predicted molar refractivity (Wildman–Crippen MR) is 77.8 cm³/mol. The van der Waals surface area contributed by atoms with Gasteiger partial charge in [0.05, 0.1) is 5.92 Å². The summed E-state index contributed by atoms with van der Waals surface area (Å²) < 4.78 is 0. The Morgan fingerprint density at radius 3 is 2.68 bits per heavy atom. The molecule has 106 valence electrons. The van der Waals surface area contributed by atoms with Gasteiger partial charge in [0.1, 0.15) is 0 Å². The van der Waals surface area contributed by atoms with Gasteiger partial charge in [-0.2, -0.15) is 0 Å². The Hall–Kier alpha value is -1.42. The zero-order valence-electron chi connectivity index (χ0n) is 12.4. The summed E-state index contributed by atoms with van der Waals surface area (Å²) >= 11 is 0. The van der Waals surface area contributed by atoms with Crippen LogP contribution < -0.4 is 5.32 Å². The lowest BCUT2D eigenvalue weighted by atomic mass is 9.94. The van der Waals surface area contributed by atoms with Crippen molar-refractivity contribution in [2.24, 2.45) is 11.8 Å². The summed E-state index contributed by atoms with van der Waals surface area (Å²) in [4.78, 5) is 18.5. The van der Waals surface area contributed by atoms with E-state index >= 15 is 0 Å². The quantitative estimate of drug-likeness (QED) is 0.812. The van der Waals surface area contributed by atoms with E-state index in [-0.39, 0.29) is 11.8 Å². The van der Waals surface area contributed by atoms with Crippen LogP contribution in [0, 0.1) is 11.8 Å². The van der Waals surface area contributed by atoms with Crippen molar-refractivity contribution in [3.8, 4) is 0 Å². The molecule has 1 aromatic rings. The van der Waals surface area contributed by atoms with Gasteiger partial charge in [0, 0.05) is 38.4 Å². The number of amides is 1. The topological polar surface area (TPSA) is 45.2 Å². The summed E-state index contributed by atoms with van der Waals surface area (Å²) in [5.74, 6) is 0.594. The standard InChI is InChI=1S/C15H25N3O/c1-12(2)14(11-16-3)15(19)18(4)10-8-13-7-5-6-9-17-13/h5-7,9,12,14,16H,8,10-11H2,1-4H3. The fraction of sp³-hybridized carbons (Fsp3) is 0.600. The number of hydrogen-bond acceptors (Lipinski definition) is 3. The minimum absolute atomic E-state index is 0.0405. The third-order valence-corrected chi connectivity index (χ3v) is 3.35. The van der Waals surface area contributed by atoms with E-state index < -0.39 is 0 Å². The average molecular weight is 263 g/mol. The number of pyridine rings is 1. The largest absolute Gasteiger partial charge is 0.345 e. The highest BCUT2D eigenvalue weighted by Crippen LogP contribution is 2.13. The third-order valence-electron chi connectivity index (χ3n) is 3.35. The molecule has 1 aromatic heterocycles. The first-order valence-electron chi connectivity index (χ1n) is 6.85. The summed E-state index contributed by atoms with van der Waals surface area (Å²) in [5, 5.41) is 3.10. The summed E-state index contributed by atoms with van der Waals surface area (Å²) in [5.41, 5.74) is 1.02. The van der Waals surface area contributed by atoms with Gasteiger partial charge in [-0.3, -0.25) is 9.78 Å². The van der Waals surface area contributed by atoms with Crippen LogP contribution in [0.2, 0.25) is 0 Å². The minimum Gasteiger partial charge on any atom is -0.345 e. The molecule has 0 saturated heterocycles. The Morgan fingerprint density at radius 1 is 1.42 bits per heavy atom. The smallest absolute Gasteiger partial charge is 0.226 e. The zero-order valence-corrected chi connectivity index (χ0v) is 12.4. The molecule has 1 unspecified atom stereocenters. The zero-order chi connectivity index (χ0) is 14.3. The van der Waals surface area contributed by atoms with Crippen molar-refractivity contribution in [2.45, 2.75) is 20.3 Å². The van der Waals surface area contributed by atoms with E-state index in [1.54, 1.807) is 6.20 Å². The van der Waals surface area contributed by atoms with Crippen LogP contribution in [0.1, 0.15) is 19.5 Å². The summed E-state index contributed by atoms with van der Waals surface area (Å²) in [6, 6.07) is 5.87. The van der Waals surface area contributed by atoms with Crippen LogP contribution in [-0.4, -0.2) is 43.0 Å². The van der Waals surface area contributed by atoms with E-state index in [1.165, 1.54) is 0 Å². The van der Waals surface area contributed by atoms with Crippen molar-refractivity contribution in [1.29, 1.82) is 0 Å². The molecular weight excluding hydrogens is 238 g/mol. The molecule has 0 aliphatic carbocycles. The molecule has 0 aliphatic rings. The molecule has 1 rings (SSSR count). The summed E-state index contributed by atoms with van der Waals surface area (Å²) in [7, 11) is 3.76. The Balaban J connectivity index is 2.51. The lowest BCUT2D eigenvalue weighted by Gasteiger charge is -2.26. The van der Waals surface area contributed by atoms with E-state index in [4.69, 9.17) is 0 Å². The van der Waals surface area contributed by atoms with Crippen LogP contribution in [-0.2, 0) is 11.2 Å². The van der Waals surface area contributed by atoms with Gasteiger partial charge in [0.2, 0.25) is 5.91 Å². The molecule has 0 saturated carbocycles. The highest BCUT2D eigenvalue weighted by atomic mass is 16.2. The Kier molecular flexibility index (Phi) is 6.50. The Labute approximate surface area is 116 Å². The van der Waals surface area contributed by atoms with Gasteiger partial charge < -0.3 is 10.2 Å². The van der Waals surface area contributed by atoms with Gasteiger partial charge in [0.25, 0.3) is 0 Å². The number of nitrogens with zero attached hydrogens (tertiary/aromatic N) is 2. The molecule has 0 bridgehead atoms. The molecule has 19 heavy (non-hydrogen) atoms. The van der Waals surface area contributed by atoms with Gasteiger partial charge >= 0.3 is 0 Å². The van der Waals surface area contributed by atoms with Crippen LogP contribution in [0.3, 0.4) is 0 Å². The lowest BCUT2D eigenvalue weighted by molar-refractivity contribution is -0.135. The van der Waals surface area contributed by atoms with Crippen LogP contribution in [0.25, 0.3) is 0 Å². The van der Waals surface area contributed by atoms with Gasteiger partial charge in [-0.15, -0.1) is 0 Å². The van der Waals surface area contributed by atoms with Crippen molar-refractivity contribution in [3.05, 3.63) is 30.1 Å². The molecule has 0 aromatic carbocycles. The summed E-state index contributed by atoms with van der Waals surface area (Å²) in [6.07, 6.45) is 2.59. The second kappa shape index (κ2) is 7.89. The minimum atomic E-state index is 0.0405. The highest BCUT2D eigenvalue weighted by Gasteiger charge is 2.24. The van der Waals surface area contributed by atoms with Gasteiger partial charge in [0.15, 0.2) is 0 Å². The SMILES string of the molecule is CNCC(C(=O)N(C)CCc1ccccn1)C(C)C. The molecular formula is C15H25N3O. The van der Waals surface area contributed by atoms with Gasteiger partial charge in [-0.1, -0.05) is 19.9 Å². The fourth-order valence-electron chi connectivity index (χ4n) is 2.05. The second-order valence-corrected chi connectivity index (χ2v) is 5.24. The maximum absolute atomic E-state index is 12.4. The van der Waals surface area contributed by atoms with E-state index in [9.17, 15) is 4.79 Å². The molecule has 0 aliphatic heterocycles. The van der Waals surface area contributed by atoms with Crippen LogP contribution >= 0.6 is 0 Å². The van der Waals surface area contributed by atoms with E-state index in [0.29, 0.717) is 12.5 Å². The van der Waals surface area contributed by atoms with Gasteiger partial charge in [-0.25, -0.2) is 0 Å². The number of nitrogens with one attached hydrogen (secondary N) is 1. The predicted octanol–water partition coefficient (Wildman–Crippen LogP) is 1.57. The van der Waals surface area contributed by atoms with Crippen molar-refractivity contribution in [2.75, 3.05) is 27.2 Å². The van der Waals surface area contributed by atoms with E-state index in [2.05, 4.69) is 24.1 Å². The number of hydrogen-bond donors (Lipinski definition) is 1. The Morgan fingerprint density at radius 2 is 2.16 bits per heavy atom. The molecule has 0 radical (unpaired) electrons. The molecule has 0 fully saturated rings. The first-order valence-corrected chi connectivity index (χ1v) is 6.85. The molecule has 4 heteroatoms. The number of rotatable bonds is 7. The Bertz CT molecular complexity index is 378. The highest BCUT2D eigenvalue weighted by molar-refractivity contribution is 5.79. The molecule has 1 amide bonds. The molecule has 1 atom stereocenters. The third kappa shape index (κ3) is 4.99. The second-order valence-electron chi connectivity index (χ2n) is 5.24. The van der Waals surface area contributed by atoms with Crippen molar-refractivity contribution < 1.29 is 4.79 Å². The number of carbonyl (C=O) groups excluding carboxylic acids is 1. The first kappa shape index (κ1) is 15.6. The first-order chi connectivity index (χ1) is 9.06. The molecule has 4 nitrogen and oxygen atoms in total. The lowest BCUT2D eigenvalue weighted by Crippen LogP contribution is -2.40. The van der Waals surface area contributed by atoms with Crippen molar-refractivity contribution in [3.63, 3.8) is 0 Å². The average Bonchev–Trinajstić information content (AvgIpc) is 2.42. The van der Waals surface area contributed by atoms with Crippen molar-refractivity contribution >= 4 is 5.91 Å².